The molecule has 1 amide bonds. The van der Waals surface area contributed by atoms with Gasteiger partial charge in [0.2, 0.25) is 0 Å². The molecule has 0 heterocycles. The van der Waals surface area contributed by atoms with E-state index in [1.54, 1.807) is 0 Å². The standard InChI is InChI=1S/C20H13ClF4N2O3S/c21-18-10-7-15(11-17(18)20(23,24)25)27-31(29,30)16-8-5-14(6-9-16)26-19(28)12-1-3-13(22)4-2-12/h1-11,27H,(H,26,28). The molecule has 0 aliphatic heterocycles. The van der Waals surface area contributed by atoms with Crippen molar-refractivity contribution in [3.05, 3.63) is 88.7 Å². The minimum absolute atomic E-state index is 0.197. The van der Waals surface area contributed by atoms with E-state index in [-0.39, 0.29) is 21.8 Å². The number of hydrogen-bond donors (Lipinski definition) is 2. The van der Waals surface area contributed by atoms with Crippen LogP contribution in [0, 0.1) is 5.82 Å². The van der Waals surface area contributed by atoms with Gasteiger partial charge in [-0.25, -0.2) is 12.8 Å². The van der Waals surface area contributed by atoms with Crippen LogP contribution in [-0.2, 0) is 16.2 Å². The summed E-state index contributed by atoms with van der Waals surface area (Å²) in [5.41, 5.74) is -1.03. The molecular weight excluding hydrogens is 460 g/mol. The molecule has 31 heavy (non-hydrogen) atoms. The van der Waals surface area contributed by atoms with E-state index in [0.29, 0.717) is 6.07 Å². The predicted octanol–water partition coefficient (Wildman–Crippen LogP) is 5.55. The van der Waals surface area contributed by atoms with Crippen LogP contribution in [0.4, 0.5) is 28.9 Å². The molecule has 3 aromatic rings. The molecule has 0 fully saturated rings. The van der Waals surface area contributed by atoms with E-state index in [4.69, 9.17) is 11.6 Å². The molecule has 0 aliphatic carbocycles. The first-order valence-corrected chi connectivity index (χ1v) is 10.4. The normalized spacial score (nSPS) is 11.8. The Kier molecular flexibility index (Phi) is 6.23. The third-order valence-corrected chi connectivity index (χ3v) is 5.78. The van der Waals surface area contributed by atoms with Gasteiger partial charge in [-0.2, -0.15) is 13.2 Å². The minimum Gasteiger partial charge on any atom is -0.322 e. The second-order valence-corrected chi connectivity index (χ2v) is 8.37. The molecule has 0 radical (unpaired) electrons. The molecule has 11 heteroatoms. The highest BCUT2D eigenvalue weighted by atomic mass is 35.5. The second kappa shape index (κ2) is 8.56. The van der Waals surface area contributed by atoms with Crippen molar-refractivity contribution in [3.63, 3.8) is 0 Å². The van der Waals surface area contributed by atoms with Crippen LogP contribution in [0.5, 0.6) is 0 Å². The number of hydrogen-bond acceptors (Lipinski definition) is 3. The molecule has 0 atom stereocenters. The molecule has 3 rings (SSSR count). The summed E-state index contributed by atoms with van der Waals surface area (Å²) in [5.74, 6) is -1.03. The number of amides is 1. The van der Waals surface area contributed by atoms with E-state index < -0.39 is 38.5 Å². The SMILES string of the molecule is O=C(Nc1ccc(S(=O)(=O)Nc2ccc(Cl)c(C(F)(F)F)c2)cc1)c1ccc(F)cc1. The maximum atomic E-state index is 13.0. The van der Waals surface area contributed by atoms with Gasteiger partial charge in [0, 0.05) is 16.9 Å². The maximum absolute atomic E-state index is 13.0. The van der Waals surface area contributed by atoms with Gasteiger partial charge in [0.05, 0.1) is 15.5 Å². The van der Waals surface area contributed by atoms with Gasteiger partial charge in [0.1, 0.15) is 5.82 Å². The summed E-state index contributed by atoms with van der Waals surface area (Å²) >= 11 is 5.53. The summed E-state index contributed by atoms with van der Waals surface area (Å²) in [7, 11) is -4.21. The highest BCUT2D eigenvalue weighted by Crippen LogP contribution is 2.36. The molecule has 0 saturated carbocycles. The Labute approximate surface area is 179 Å². The molecule has 0 spiro atoms. The number of halogens is 5. The topological polar surface area (TPSA) is 75.3 Å². The largest absolute Gasteiger partial charge is 0.417 e. The monoisotopic (exact) mass is 472 g/mol. The van der Waals surface area contributed by atoms with E-state index in [9.17, 15) is 30.8 Å². The van der Waals surface area contributed by atoms with Crippen molar-refractivity contribution >= 4 is 38.9 Å². The van der Waals surface area contributed by atoms with Crippen molar-refractivity contribution in [1.82, 2.24) is 0 Å². The third-order valence-electron chi connectivity index (χ3n) is 4.05. The first kappa shape index (κ1) is 22.6. The van der Waals surface area contributed by atoms with Crippen LogP contribution in [0.15, 0.2) is 71.6 Å². The van der Waals surface area contributed by atoms with E-state index in [1.165, 1.54) is 36.4 Å². The van der Waals surface area contributed by atoms with E-state index in [0.717, 1.165) is 24.3 Å². The molecule has 5 nitrogen and oxygen atoms in total. The third kappa shape index (κ3) is 5.53. The Morgan fingerprint density at radius 1 is 0.871 bits per heavy atom. The molecule has 0 unspecified atom stereocenters. The molecule has 0 saturated heterocycles. The van der Waals surface area contributed by atoms with Crippen molar-refractivity contribution in [2.24, 2.45) is 0 Å². The zero-order valence-electron chi connectivity index (χ0n) is 15.4. The molecule has 0 aliphatic rings. The van der Waals surface area contributed by atoms with Gasteiger partial charge >= 0.3 is 6.18 Å². The molecule has 3 aromatic carbocycles. The fourth-order valence-corrected chi connectivity index (χ4v) is 3.82. The second-order valence-electron chi connectivity index (χ2n) is 6.28. The molecule has 0 bridgehead atoms. The molecule has 0 aromatic heterocycles. The Morgan fingerprint density at radius 2 is 1.45 bits per heavy atom. The first-order valence-electron chi connectivity index (χ1n) is 8.52. The van der Waals surface area contributed by atoms with Crippen molar-refractivity contribution in [2.45, 2.75) is 11.1 Å². The van der Waals surface area contributed by atoms with Crippen LogP contribution in [0.25, 0.3) is 0 Å². The Bertz CT molecular complexity index is 1210. The number of anilines is 2. The average molecular weight is 473 g/mol. The van der Waals surface area contributed by atoms with Crippen molar-refractivity contribution in [2.75, 3.05) is 10.0 Å². The van der Waals surface area contributed by atoms with Crippen LogP contribution in [0.2, 0.25) is 5.02 Å². The smallest absolute Gasteiger partial charge is 0.322 e. The van der Waals surface area contributed by atoms with Crippen LogP contribution in [0.3, 0.4) is 0 Å². The minimum atomic E-state index is -4.75. The number of nitrogens with one attached hydrogen (secondary N) is 2. The van der Waals surface area contributed by atoms with Crippen LogP contribution in [0.1, 0.15) is 15.9 Å². The van der Waals surface area contributed by atoms with Gasteiger partial charge in [-0.1, -0.05) is 11.6 Å². The average Bonchev–Trinajstić information content (AvgIpc) is 2.69. The van der Waals surface area contributed by atoms with E-state index in [2.05, 4.69) is 10.0 Å². The Balaban J connectivity index is 1.75. The van der Waals surface area contributed by atoms with E-state index in [1.807, 2.05) is 0 Å². The number of alkyl halides is 3. The highest BCUT2D eigenvalue weighted by molar-refractivity contribution is 7.92. The van der Waals surface area contributed by atoms with Crippen LogP contribution in [-0.4, -0.2) is 14.3 Å². The summed E-state index contributed by atoms with van der Waals surface area (Å²) in [6.45, 7) is 0. The van der Waals surface area contributed by atoms with Crippen LogP contribution < -0.4 is 10.0 Å². The zero-order valence-corrected chi connectivity index (χ0v) is 16.9. The lowest BCUT2D eigenvalue weighted by atomic mass is 10.2. The van der Waals surface area contributed by atoms with Gasteiger partial charge in [-0.15, -0.1) is 0 Å². The lowest BCUT2D eigenvalue weighted by Crippen LogP contribution is -2.15. The number of sulfonamides is 1. The van der Waals surface area contributed by atoms with Gasteiger partial charge in [-0.3, -0.25) is 9.52 Å². The number of carbonyl (C=O) groups is 1. The lowest BCUT2D eigenvalue weighted by molar-refractivity contribution is -0.137. The van der Waals surface area contributed by atoms with Crippen LogP contribution >= 0.6 is 11.6 Å². The summed E-state index contributed by atoms with van der Waals surface area (Å²) in [6.07, 6.45) is -4.75. The number of carbonyl (C=O) groups excluding carboxylic acids is 1. The van der Waals surface area contributed by atoms with Gasteiger partial charge in [-0.05, 0) is 66.7 Å². The number of benzene rings is 3. The van der Waals surface area contributed by atoms with Crippen molar-refractivity contribution in [3.8, 4) is 0 Å². The summed E-state index contributed by atoms with van der Waals surface area (Å²) in [6, 6.07) is 12.4. The quantitative estimate of drug-likeness (QED) is 0.478. The van der Waals surface area contributed by atoms with Crippen molar-refractivity contribution < 1.29 is 30.8 Å². The maximum Gasteiger partial charge on any atom is 0.417 e. The molecule has 2 N–H and O–H groups in total. The summed E-state index contributed by atoms with van der Waals surface area (Å²) in [5, 5.41) is 1.96. The Hall–Kier alpha value is -3.11. The summed E-state index contributed by atoms with van der Waals surface area (Å²) in [4.78, 5) is 11.9. The summed E-state index contributed by atoms with van der Waals surface area (Å²) < 4.78 is 78.8. The Morgan fingerprint density at radius 3 is 2.03 bits per heavy atom. The zero-order chi connectivity index (χ0) is 22.8. The van der Waals surface area contributed by atoms with E-state index >= 15 is 0 Å². The van der Waals surface area contributed by atoms with Crippen molar-refractivity contribution in [1.29, 1.82) is 0 Å². The first-order chi connectivity index (χ1) is 14.5. The number of rotatable bonds is 5. The fourth-order valence-electron chi connectivity index (χ4n) is 2.54. The highest BCUT2D eigenvalue weighted by Gasteiger charge is 2.33. The fraction of sp³-hybridized carbons (Fsp3) is 0.0500. The molecular formula is C20H13ClF4N2O3S. The predicted molar refractivity (Wildman–Crippen MR) is 108 cm³/mol. The molecule has 162 valence electrons. The van der Waals surface area contributed by atoms with Gasteiger partial charge < -0.3 is 5.32 Å². The lowest BCUT2D eigenvalue weighted by Gasteiger charge is -2.13. The van der Waals surface area contributed by atoms with Gasteiger partial charge in [0.25, 0.3) is 15.9 Å². The van der Waals surface area contributed by atoms with Gasteiger partial charge in [0.15, 0.2) is 0 Å².